The van der Waals surface area contributed by atoms with Gasteiger partial charge in [-0.1, -0.05) is 6.07 Å². The van der Waals surface area contributed by atoms with Gasteiger partial charge in [0.15, 0.2) is 0 Å². The lowest BCUT2D eigenvalue weighted by atomic mass is 10.1. The first-order valence-corrected chi connectivity index (χ1v) is 6.04. The lowest BCUT2D eigenvalue weighted by Crippen LogP contribution is -2.21. The monoisotopic (exact) mass is 245 g/mol. The van der Waals surface area contributed by atoms with Gasteiger partial charge < -0.3 is 15.1 Å². The topological polar surface area (TPSA) is 55.3 Å². The van der Waals surface area contributed by atoms with Crippen LogP contribution in [-0.2, 0) is 6.54 Å². The van der Waals surface area contributed by atoms with Gasteiger partial charge in [-0.15, -0.1) is 0 Å². The van der Waals surface area contributed by atoms with E-state index in [4.69, 9.17) is 10.2 Å². The molecule has 0 bridgehead atoms. The van der Waals surface area contributed by atoms with Crippen LogP contribution in [0, 0.1) is 6.92 Å². The Balaban J connectivity index is 2.24. The molecular weight excluding hydrogens is 226 g/mol. The first-order chi connectivity index (χ1) is 8.59. The molecule has 0 amide bonds. The molecule has 0 aliphatic rings. The molecule has 0 saturated heterocycles. The molecule has 0 aliphatic carbocycles. The van der Waals surface area contributed by atoms with Crippen molar-refractivity contribution in [1.29, 1.82) is 0 Å². The number of furan rings is 1. The highest BCUT2D eigenvalue weighted by atomic mass is 16.3. The van der Waals surface area contributed by atoms with Crippen molar-refractivity contribution in [3.63, 3.8) is 0 Å². The van der Waals surface area contributed by atoms with Crippen LogP contribution in [0.3, 0.4) is 0 Å². The zero-order valence-electron chi connectivity index (χ0n) is 11.1. The SMILES string of the molecule is Cc1occc1CN(C)c1ncccc1[C@H](C)N. The second-order valence-electron chi connectivity index (χ2n) is 4.56. The van der Waals surface area contributed by atoms with Crippen molar-refractivity contribution < 1.29 is 4.42 Å². The molecule has 2 aromatic heterocycles. The molecule has 0 aliphatic heterocycles. The Morgan fingerprint density at radius 3 is 2.83 bits per heavy atom. The van der Waals surface area contributed by atoms with Crippen molar-refractivity contribution in [2.75, 3.05) is 11.9 Å². The van der Waals surface area contributed by atoms with Crippen molar-refractivity contribution in [2.24, 2.45) is 5.73 Å². The van der Waals surface area contributed by atoms with Crippen molar-refractivity contribution in [3.05, 3.63) is 47.5 Å². The van der Waals surface area contributed by atoms with Crippen LogP contribution in [-0.4, -0.2) is 12.0 Å². The van der Waals surface area contributed by atoms with Crippen molar-refractivity contribution in [1.82, 2.24) is 4.98 Å². The molecule has 2 aromatic rings. The molecule has 0 radical (unpaired) electrons. The highest BCUT2D eigenvalue weighted by Gasteiger charge is 2.13. The van der Waals surface area contributed by atoms with Gasteiger partial charge in [0.2, 0.25) is 0 Å². The van der Waals surface area contributed by atoms with Gasteiger partial charge in [-0.05, 0) is 26.0 Å². The number of nitrogens with zero attached hydrogens (tertiary/aromatic N) is 2. The quantitative estimate of drug-likeness (QED) is 0.899. The van der Waals surface area contributed by atoms with Gasteiger partial charge in [0, 0.05) is 37.0 Å². The molecule has 0 saturated carbocycles. The predicted octanol–water partition coefficient (Wildman–Crippen LogP) is 2.64. The molecular formula is C14H19N3O. The number of nitrogens with two attached hydrogens (primary N) is 1. The van der Waals surface area contributed by atoms with Gasteiger partial charge >= 0.3 is 0 Å². The Hall–Kier alpha value is -1.81. The normalized spacial score (nSPS) is 12.4. The minimum Gasteiger partial charge on any atom is -0.469 e. The Bertz CT molecular complexity index is 519. The van der Waals surface area contributed by atoms with Crippen LogP contribution in [0.1, 0.15) is 29.9 Å². The first-order valence-electron chi connectivity index (χ1n) is 6.04. The molecule has 2 N–H and O–H groups in total. The molecule has 1 atom stereocenters. The summed E-state index contributed by atoms with van der Waals surface area (Å²) in [5.41, 5.74) is 8.19. The van der Waals surface area contributed by atoms with E-state index >= 15 is 0 Å². The van der Waals surface area contributed by atoms with Gasteiger partial charge in [0.1, 0.15) is 11.6 Å². The minimum atomic E-state index is -0.0263. The van der Waals surface area contributed by atoms with E-state index in [1.807, 2.05) is 39.1 Å². The van der Waals surface area contributed by atoms with E-state index < -0.39 is 0 Å². The molecule has 96 valence electrons. The third kappa shape index (κ3) is 2.54. The molecule has 18 heavy (non-hydrogen) atoms. The summed E-state index contributed by atoms with van der Waals surface area (Å²) in [6.07, 6.45) is 3.50. The molecule has 4 nitrogen and oxygen atoms in total. The fourth-order valence-electron chi connectivity index (χ4n) is 1.99. The van der Waals surface area contributed by atoms with Crippen molar-refractivity contribution in [3.8, 4) is 0 Å². The van der Waals surface area contributed by atoms with Gasteiger partial charge in [0.25, 0.3) is 0 Å². The zero-order valence-corrected chi connectivity index (χ0v) is 11.1. The van der Waals surface area contributed by atoms with Crippen LogP contribution in [0.4, 0.5) is 5.82 Å². The molecule has 0 fully saturated rings. The maximum atomic E-state index is 5.97. The Morgan fingerprint density at radius 1 is 1.44 bits per heavy atom. The van der Waals surface area contributed by atoms with E-state index in [0.717, 1.165) is 23.7 Å². The highest BCUT2D eigenvalue weighted by Crippen LogP contribution is 2.23. The second-order valence-corrected chi connectivity index (χ2v) is 4.56. The van der Waals surface area contributed by atoms with Crippen LogP contribution < -0.4 is 10.6 Å². The smallest absolute Gasteiger partial charge is 0.133 e. The Kier molecular flexibility index (Phi) is 3.67. The summed E-state index contributed by atoms with van der Waals surface area (Å²) < 4.78 is 5.31. The van der Waals surface area contributed by atoms with Crippen molar-refractivity contribution in [2.45, 2.75) is 26.4 Å². The molecule has 4 heteroatoms. The average molecular weight is 245 g/mol. The van der Waals surface area contributed by atoms with Gasteiger partial charge in [-0.3, -0.25) is 0 Å². The first kappa shape index (κ1) is 12.6. The van der Waals surface area contributed by atoms with E-state index in [9.17, 15) is 0 Å². The Labute approximate surface area is 107 Å². The number of hydrogen-bond acceptors (Lipinski definition) is 4. The number of rotatable bonds is 4. The lowest BCUT2D eigenvalue weighted by molar-refractivity contribution is 0.529. The van der Waals surface area contributed by atoms with Gasteiger partial charge in [-0.2, -0.15) is 0 Å². The van der Waals surface area contributed by atoms with E-state index in [-0.39, 0.29) is 6.04 Å². The standard InChI is InChI=1S/C14H19N3O/c1-10(15)13-5-4-7-16-14(13)17(3)9-12-6-8-18-11(12)2/h4-8,10H,9,15H2,1-3H3/t10-/m0/s1. The van der Waals surface area contributed by atoms with Crippen LogP contribution in [0.15, 0.2) is 35.1 Å². The number of aryl methyl sites for hydroxylation is 1. The Morgan fingerprint density at radius 2 is 2.22 bits per heavy atom. The summed E-state index contributed by atoms with van der Waals surface area (Å²) in [6, 6.07) is 5.90. The molecule has 2 rings (SSSR count). The van der Waals surface area contributed by atoms with Crippen LogP contribution in [0.25, 0.3) is 0 Å². The number of aromatic nitrogens is 1. The summed E-state index contributed by atoms with van der Waals surface area (Å²) >= 11 is 0. The lowest BCUT2D eigenvalue weighted by Gasteiger charge is -2.22. The number of hydrogen-bond donors (Lipinski definition) is 1. The molecule has 2 heterocycles. The van der Waals surface area contributed by atoms with E-state index in [0.29, 0.717) is 0 Å². The molecule has 0 unspecified atom stereocenters. The number of anilines is 1. The van der Waals surface area contributed by atoms with Gasteiger partial charge in [-0.25, -0.2) is 4.98 Å². The second kappa shape index (κ2) is 5.23. The largest absolute Gasteiger partial charge is 0.469 e. The zero-order chi connectivity index (χ0) is 13.1. The fraction of sp³-hybridized carbons (Fsp3) is 0.357. The minimum absolute atomic E-state index is 0.0263. The summed E-state index contributed by atoms with van der Waals surface area (Å²) in [5, 5.41) is 0. The van der Waals surface area contributed by atoms with E-state index in [1.165, 1.54) is 5.56 Å². The highest BCUT2D eigenvalue weighted by molar-refractivity contribution is 5.48. The molecule has 0 aromatic carbocycles. The van der Waals surface area contributed by atoms with Crippen molar-refractivity contribution >= 4 is 5.82 Å². The molecule has 0 spiro atoms. The van der Waals surface area contributed by atoms with E-state index in [1.54, 1.807) is 12.5 Å². The van der Waals surface area contributed by atoms with Crippen LogP contribution in [0.2, 0.25) is 0 Å². The summed E-state index contributed by atoms with van der Waals surface area (Å²) in [5.74, 6) is 1.87. The average Bonchev–Trinajstić information content (AvgIpc) is 2.75. The number of pyridine rings is 1. The third-order valence-electron chi connectivity index (χ3n) is 3.04. The van der Waals surface area contributed by atoms with Gasteiger partial charge in [0.05, 0.1) is 6.26 Å². The predicted molar refractivity (Wildman–Crippen MR) is 72.4 cm³/mol. The summed E-state index contributed by atoms with van der Waals surface area (Å²) in [7, 11) is 2.01. The fourth-order valence-corrected chi connectivity index (χ4v) is 1.99. The van der Waals surface area contributed by atoms with Crippen LogP contribution >= 0.6 is 0 Å². The third-order valence-corrected chi connectivity index (χ3v) is 3.04. The summed E-state index contributed by atoms with van der Waals surface area (Å²) in [4.78, 5) is 6.52. The maximum absolute atomic E-state index is 5.97. The summed E-state index contributed by atoms with van der Waals surface area (Å²) in [6.45, 7) is 4.70. The van der Waals surface area contributed by atoms with E-state index in [2.05, 4.69) is 9.88 Å². The maximum Gasteiger partial charge on any atom is 0.133 e. The van der Waals surface area contributed by atoms with Crippen LogP contribution in [0.5, 0.6) is 0 Å².